The van der Waals surface area contributed by atoms with Gasteiger partial charge in [0.15, 0.2) is 5.83 Å². The Kier molecular flexibility index (Phi) is 6.36. The summed E-state index contributed by atoms with van der Waals surface area (Å²) in [6, 6.07) is 1.60. The van der Waals surface area contributed by atoms with Crippen molar-refractivity contribution in [1.29, 1.82) is 0 Å². The van der Waals surface area contributed by atoms with Crippen LogP contribution in [-0.2, 0) is 18.4 Å². The molecule has 11 nitrogen and oxygen atoms in total. The topological polar surface area (TPSA) is 130 Å². The van der Waals surface area contributed by atoms with E-state index in [0.717, 1.165) is 0 Å². The Hall–Kier alpha value is -3.80. The molecule has 4 heterocycles. The van der Waals surface area contributed by atoms with E-state index in [1.807, 2.05) is 4.90 Å². The Morgan fingerprint density at radius 2 is 2.09 bits per heavy atom. The molecule has 1 aliphatic heterocycles. The molecule has 3 N–H and O–H groups in total. The fourth-order valence-corrected chi connectivity index (χ4v) is 3.83. The molecule has 3 aromatic heterocycles. The summed E-state index contributed by atoms with van der Waals surface area (Å²) >= 11 is 0. The van der Waals surface area contributed by atoms with Crippen molar-refractivity contribution in [3.8, 4) is 0 Å². The summed E-state index contributed by atoms with van der Waals surface area (Å²) in [7, 11) is 1.66. The number of anilines is 3. The quantitative estimate of drug-likeness (QED) is 0.446. The Morgan fingerprint density at radius 3 is 2.79 bits per heavy atom. The van der Waals surface area contributed by atoms with Gasteiger partial charge in [0.2, 0.25) is 5.95 Å². The number of pyridine rings is 1. The molecular formula is C21H25FN8O3. The molecule has 174 valence electrons. The Labute approximate surface area is 188 Å². The molecule has 33 heavy (non-hydrogen) atoms. The Morgan fingerprint density at radius 1 is 1.33 bits per heavy atom. The molecule has 0 aliphatic carbocycles. The summed E-state index contributed by atoms with van der Waals surface area (Å²) in [6.07, 6.45) is 6.14. The van der Waals surface area contributed by atoms with Crippen LogP contribution in [0.1, 0.15) is 12.8 Å². The van der Waals surface area contributed by atoms with E-state index in [1.165, 1.54) is 4.57 Å². The monoisotopic (exact) mass is 456 g/mol. The normalized spacial score (nSPS) is 14.5. The minimum absolute atomic E-state index is 0.0161. The number of aryl methyl sites for hydroxylation is 1. The number of hydrogen-bond donors (Lipinski definition) is 3. The van der Waals surface area contributed by atoms with Crippen LogP contribution in [0.25, 0.3) is 11.0 Å². The first-order valence-corrected chi connectivity index (χ1v) is 10.5. The summed E-state index contributed by atoms with van der Waals surface area (Å²) < 4.78 is 16.0. The number of nitrogens with zero attached hydrogens (tertiary/aromatic N) is 6. The number of carbonyl (C=O) groups is 1. The van der Waals surface area contributed by atoms with Crippen LogP contribution in [0, 0.1) is 0 Å². The lowest BCUT2D eigenvalue weighted by Gasteiger charge is -2.33. The van der Waals surface area contributed by atoms with Gasteiger partial charge < -0.3 is 20.6 Å². The number of halogens is 1. The second kappa shape index (κ2) is 9.36. The third kappa shape index (κ3) is 4.85. The zero-order valence-corrected chi connectivity index (χ0v) is 18.2. The van der Waals surface area contributed by atoms with E-state index in [0.29, 0.717) is 60.8 Å². The maximum Gasteiger partial charge on any atom is 0.279 e. The summed E-state index contributed by atoms with van der Waals surface area (Å²) in [5, 5.41) is 19.5. The maximum atomic E-state index is 13.0. The molecule has 0 spiro atoms. The molecular weight excluding hydrogens is 431 g/mol. The number of piperidine rings is 1. The first-order valence-electron chi connectivity index (χ1n) is 10.5. The average molecular weight is 456 g/mol. The standard InChI is InChI=1S/C21H25FN8O3/c1-13(22)19(32)25-15-3-5-29(6-4-15)17-9-14-10-23-21(27-18(14)28(2)20(17)33)26-16-11-24-30(12-16)7-8-31/h9-12,15,31H,1,3-8H2,2H3,(H,25,32)(H,23,26,27). The van der Waals surface area contributed by atoms with Gasteiger partial charge in [0.25, 0.3) is 11.5 Å². The number of nitrogens with one attached hydrogen (secondary N) is 2. The largest absolute Gasteiger partial charge is 0.394 e. The van der Waals surface area contributed by atoms with Crippen LogP contribution in [0.15, 0.2) is 41.9 Å². The van der Waals surface area contributed by atoms with E-state index in [2.05, 4.69) is 32.3 Å². The lowest BCUT2D eigenvalue weighted by atomic mass is 10.0. The van der Waals surface area contributed by atoms with E-state index in [9.17, 15) is 14.0 Å². The second-order valence-corrected chi connectivity index (χ2v) is 7.85. The lowest BCUT2D eigenvalue weighted by molar-refractivity contribution is -0.119. The highest BCUT2D eigenvalue weighted by Gasteiger charge is 2.24. The third-order valence-corrected chi connectivity index (χ3v) is 5.57. The summed E-state index contributed by atoms with van der Waals surface area (Å²) in [5.41, 5.74) is 1.48. The molecule has 0 aromatic carbocycles. The maximum absolute atomic E-state index is 13.0. The Balaban J connectivity index is 1.51. The van der Waals surface area contributed by atoms with E-state index in [4.69, 9.17) is 5.11 Å². The number of aromatic nitrogens is 5. The van der Waals surface area contributed by atoms with Crippen LogP contribution in [0.2, 0.25) is 0 Å². The summed E-state index contributed by atoms with van der Waals surface area (Å²) in [4.78, 5) is 35.3. The van der Waals surface area contributed by atoms with Gasteiger partial charge in [-0.2, -0.15) is 10.1 Å². The van der Waals surface area contributed by atoms with Gasteiger partial charge >= 0.3 is 0 Å². The number of carbonyl (C=O) groups excluding carboxylic acids is 1. The molecule has 4 rings (SSSR count). The molecule has 0 radical (unpaired) electrons. The van der Waals surface area contributed by atoms with E-state index in [1.54, 1.807) is 36.4 Å². The lowest BCUT2D eigenvalue weighted by Crippen LogP contribution is -2.46. The minimum atomic E-state index is -1.01. The van der Waals surface area contributed by atoms with Crippen molar-refractivity contribution in [1.82, 2.24) is 29.6 Å². The molecule has 1 fully saturated rings. The first-order chi connectivity index (χ1) is 15.9. The Bertz CT molecular complexity index is 1250. The second-order valence-electron chi connectivity index (χ2n) is 7.85. The fraction of sp³-hybridized carbons (Fsp3) is 0.381. The average Bonchev–Trinajstić information content (AvgIpc) is 3.24. The van der Waals surface area contributed by atoms with Crippen molar-refractivity contribution >= 4 is 34.3 Å². The van der Waals surface area contributed by atoms with Gasteiger partial charge in [0.1, 0.15) is 11.3 Å². The van der Waals surface area contributed by atoms with E-state index < -0.39 is 11.7 Å². The molecule has 0 atom stereocenters. The van der Waals surface area contributed by atoms with Crippen molar-refractivity contribution in [2.75, 3.05) is 29.9 Å². The highest BCUT2D eigenvalue weighted by Crippen LogP contribution is 2.22. The van der Waals surface area contributed by atoms with Crippen LogP contribution in [0.3, 0.4) is 0 Å². The summed E-state index contributed by atoms with van der Waals surface area (Å²) in [6.45, 7) is 4.46. The van der Waals surface area contributed by atoms with Crippen molar-refractivity contribution < 1.29 is 14.3 Å². The minimum Gasteiger partial charge on any atom is -0.394 e. The molecule has 3 aromatic rings. The molecule has 1 amide bonds. The predicted molar refractivity (Wildman–Crippen MR) is 121 cm³/mol. The van der Waals surface area contributed by atoms with Crippen molar-refractivity contribution in [3.63, 3.8) is 0 Å². The molecule has 0 saturated carbocycles. The van der Waals surface area contributed by atoms with Gasteiger partial charge in [-0.15, -0.1) is 0 Å². The number of aliphatic hydroxyl groups is 1. The van der Waals surface area contributed by atoms with Crippen molar-refractivity contribution in [3.05, 3.63) is 47.4 Å². The van der Waals surface area contributed by atoms with Gasteiger partial charge in [0.05, 0.1) is 25.0 Å². The van der Waals surface area contributed by atoms with Gasteiger partial charge in [-0.3, -0.25) is 18.8 Å². The zero-order chi connectivity index (χ0) is 23.5. The SMILES string of the molecule is C=C(F)C(=O)NC1CCN(c2cc3cnc(Nc4cnn(CCO)c4)nc3n(C)c2=O)CC1. The zero-order valence-electron chi connectivity index (χ0n) is 18.2. The van der Waals surface area contributed by atoms with Crippen LogP contribution < -0.4 is 21.1 Å². The van der Waals surface area contributed by atoms with Crippen molar-refractivity contribution in [2.24, 2.45) is 7.05 Å². The van der Waals surface area contributed by atoms with E-state index >= 15 is 0 Å². The van der Waals surface area contributed by atoms with Gasteiger partial charge in [0, 0.05) is 44.0 Å². The molecule has 1 aliphatic rings. The van der Waals surface area contributed by atoms with Gasteiger partial charge in [-0.25, -0.2) is 9.37 Å². The summed E-state index contributed by atoms with van der Waals surface area (Å²) in [5.74, 6) is -1.48. The smallest absolute Gasteiger partial charge is 0.279 e. The van der Waals surface area contributed by atoms with Crippen molar-refractivity contribution in [2.45, 2.75) is 25.4 Å². The number of aliphatic hydroxyl groups excluding tert-OH is 1. The molecule has 0 unspecified atom stereocenters. The number of fused-ring (bicyclic) bond motifs is 1. The number of rotatable bonds is 7. The molecule has 12 heteroatoms. The molecule has 1 saturated heterocycles. The van der Waals surface area contributed by atoms with Crippen LogP contribution in [0.5, 0.6) is 0 Å². The van der Waals surface area contributed by atoms with Crippen LogP contribution in [0.4, 0.5) is 21.7 Å². The van der Waals surface area contributed by atoms with Crippen LogP contribution in [-0.4, -0.2) is 61.1 Å². The molecule has 0 bridgehead atoms. The third-order valence-electron chi connectivity index (χ3n) is 5.57. The first kappa shape index (κ1) is 22.4. The number of hydrogen-bond acceptors (Lipinski definition) is 8. The highest BCUT2D eigenvalue weighted by atomic mass is 19.1. The fourth-order valence-electron chi connectivity index (χ4n) is 3.83. The number of amides is 1. The highest BCUT2D eigenvalue weighted by molar-refractivity contribution is 5.90. The van der Waals surface area contributed by atoms with Crippen LogP contribution >= 0.6 is 0 Å². The van der Waals surface area contributed by atoms with E-state index in [-0.39, 0.29) is 18.2 Å². The van der Waals surface area contributed by atoms with Gasteiger partial charge in [-0.05, 0) is 18.9 Å². The predicted octanol–water partition coefficient (Wildman–Crippen LogP) is 0.829. The van der Waals surface area contributed by atoms with Gasteiger partial charge in [-0.1, -0.05) is 6.58 Å².